The van der Waals surface area contributed by atoms with Gasteiger partial charge >= 0.3 is 0 Å². The van der Waals surface area contributed by atoms with Gasteiger partial charge in [0.1, 0.15) is 0 Å². The molecule has 25 heavy (non-hydrogen) atoms. The second kappa shape index (κ2) is 7.80. The Bertz CT molecular complexity index is 887. The monoisotopic (exact) mass is 414 g/mol. The first kappa shape index (κ1) is 17.6. The summed E-state index contributed by atoms with van der Waals surface area (Å²) >= 11 is 8.84. The molecule has 0 radical (unpaired) electrons. The molecule has 0 fully saturated rings. The Hall–Kier alpha value is -2.18. The molecule has 0 unspecified atom stereocenters. The van der Waals surface area contributed by atoms with Crippen LogP contribution in [0, 0.1) is 13.8 Å². The van der Waals surface area contributed by atoms with Crippen LogP contribution in [0.4, 0.5) is 11.4 Å². The normalized spacial score (nSPS) is 10.5. The van der Waals surface area contributed by atoms with Crippen molar-refractivity contribution in [2.45, 2.75) is 20.4 Å². The van der Waals surface area contributed by atoms with Gasteiger partial charge in [0.15, 0.2) is 5.11 Å². The highest BCUT2D eigenvalue weighted by Gasteiger charge is 2.04. The number of nitrogens with zero attached hydrogens (tertiary/aromatic N) is 2. The lowest BCUT2D eigenvalue weighted by Crippen LogP contribution is -2.19. The smallest absolute Gasteiger partial charge is 0.175 e. The Labute approximate surface area is 161 Å². The highest BCUT2D eigenvalue weighted by Crippen LogP contribution is 2.17. The number of halogens is 1. The van der Waals surface area contributed by atoms with Gasteiger partial charge in [-0.2, -0.15) is 5.10 Å². The van der Waals surface area contributed by atoms with E-state index in [9.17, 15) is 0 Å². The summed E-state index contributed by atoms with van der Waals surface area (Å²) in [7, 11) is 0. The summed E-state index contributed by atoms with van der Waals surface area (Å²) in [6.45, 7) is 4.85. The predicted molar refractivity (Wildman–Crippen MR) is 111 cm³/mol. The lowest BCUT2D eigenvalue weighted by Gasteiger charge is -2.11. The average molecular weight is 415 g/mol. The third-order valence-corrected chi connectivity index (χ3v) is 4.51. The first-order valence-electron chi connectivity index (χ1n) is 7.92. The molecule has 0 aliphatic carbocycles. The Morgan fingerprint density at radius 1 is 1.12 bits per heavy atom. The molecule has 2 aromatic carbocycles. The molecule has 0 aliphatic rings. The average Bonchev–Trinajstić information content (AvgIpc) is 2.99. The van der Waals surface area contributed by atoms with Crippen LogP contribution in [0.5, 0.6) is 0 Å². The molecule has 0 saturated heterocycles. The molecule has 0 aliphatic heterocycles. The van der Waals surface area contributed by atoms with Crippen molar-refractivity contribution in [3.05, 3.63) is 76.0 Å². The second-order valence-electron chi connectivity index (χ2n) is 5.95. The predicted octanol–water partition coefficient (Wildman–Crippen LogP) is 5.12. The molecule has 128 valence electrons. The number of nitrogens with one attached hydrogen (secondary N) is 2. The third kappa shape index (κ3) is 4.90. The van der Waals surface area contributed by atoms with Crippen molar-refractivity contribution in [2.75, 3.05) is 10.6 Å². The van der Waals surface area contributed by atoms with Crippen LogP contribution in [0.25, 0.3) is 0 Å². The molecule has 3 rings (SSSR count). The number of aromatic nitrogens is 2. The van der Waals surface area contributed by atoms with E-state index in [0.29, 0.717) is 11.7 Å². The molecule has 1 aromatic heterocycles. The van der Waals surface area contributed by atoms with Crippen molar-refractivity contribution in [3.8, 4) is 0 Å². The molecule has 2 N–H and O–H groups in total. The van der Waals surface area contributed by atoms with Gasteiger partial charge in [-0.1, -0.05) is 45.8 Å². The molecule has 0 amide bonds. The fraction of sp³-hybridized carbons (Fsp3) is 0.158. The van der Waals surface area contributed by atoms with E-state index < -0.39 is 0 Å². The number of benzene rings is 2. The molecule has 6 heteroatoms. The number of hydrogen-bond donors (Lipinski definition) is 2. The van der Waals surface area contributed by atoms with Crippen LogP contribution in [0.3, 0.4) is 0 Å². The van der Waals surface area contributed by atoms with Gasteiger partial charge in [0.2, 0.25) is 0 Å². The Morgan fingerprint density at radius 3 is 2.60 bits per heavy atom. The quantitative estimate of drug-likeness (QED) is 0.581. The van der Waals surface area contributed by atoms with E-state index in [1.54, 1.807) is 6.20 Å². The van der Waals surface area contributed by atoms with Gasteiger partial charge in [-0.25, -0.2) is 0 Å². The minimum atomic E-state index is 0.551. The highest BCUT2D eigenvalue weighted by molar-refractivity contribution is 9.10. The summed E-state index contributed by atoms with van der Waals surface area (Å²) in [5.74, 6) is 0. The second-order valence-corrected chi connectivity index (χ2v) is 7.27. The van der Waals surface area contributed by atoms with Crippen LogP contribution < -0.4 is 10.6 Å². The third-order valence-electron chi connectivity index (χ3n) is 3.78. The zero-order chi connectivity index (χ0) is 17.8. The Morgan fingerprint density at radius 2 is 1.88 bits per heavy atom. The minimum absolute atomic E-state index is 0.551. The van der Waals surface area contributed by atoms with Gasteiger partial charge in [0.25, 0.3) is 0 Å². The van der Waals surface area contributed by atoms with Gasteiger partial charge in [0, 0.05) is 16.4 Å². The number of aryl methyl sites for hydroxylation is 2. The summed E-state index contributed by atoms with van der Waals surface area (Å²) in [6.07, 6.45) is 3.72. The van der Waals surface area contributed by atoms with E-state index in [1.807, 2.05) is 29.1 Å². The standard InChI is InChI=1S/C19H19BrN4S/c1-13-3-8-18(14(2)9-13)23-19(25)22-17-10-21-24(12-17)11-15-4-6-16(20)7-5-15/h3-10,12H,11H2,1-2H3,(H2,22,23,25). The molecule has 1 heterocycles. The van der Waals surface area contributed by atoms with Crippen molar-refractivity contribution in [1.29, 1.82) is 0 Å². The van der Waals surface area contributed by atoms with Crippen molar-refractivity contribution in [3.63, 3.8) is 0 Å². The maximum Gasteiger partial charge on any atom is 0.175 e. The van der Waals surface area contributed by atoms with Gasteiger partial charge in [0.05, 0.1) is 18.4 Å². The fourth-order valence-electron chi connectivity index (χ4n) is 2.53. The number of rotatable bonds is 4. The Balaban J connectivity index is 1.60. The van der Waals surface area contributed by atoms with E-state index >= 15 is 0 Å². The van der Waals surface area contributed by atoms with Crippen molar-refractivity contribution < 1.29 is 0 Å². The maximum atomic E-state index is 5.40. The summed E-state index contributed by atoms with van der Waals surface area (Å²) in [6, 6.07) is 14.4. The summed E-state index contributed by atoms with van der Waals surface area (Å²) in [5.41, 5.74) is 5.45. The lowest BCUT2D eigenvalue weighted by molar-refractivity contribution is 0.687. The molecule has 0 bridgehead atoms. The molecule has 3 aromatic rings. The maximum absolute atomic E-state index is 5.40. The highest BCUT2D eigenvalue weighted by atomic mass is 79.9. The zero-order valence-electron chi connectivity index (χ0n) is 14.1. The number of hydrogen-bond acceptors (Lipinski definition) is 2. The summed E-state index contributed by atoms with van der Waals surface area (Å²) in [4.78, 5) is 0. The van der Waals surface area contributed by atoms with E-state index in [4.69, 9.17) is 12.2 Å². The molecule has 0 spiro atoms. The number of anilines is 2. The van der Waals surface area contributed by atoms with Crippen molar-refractivity contribution in [2.24, 2.45) is 0 Å². The van der Waals surface area contributed by atoms with Crippen LogP contribution in [0.2, 0.25) is 0 Å². The fourth-order valence-corrected chi connectivity index (χ4v) is 3.02. The van der Waals surface area contributed by atoms with Gasteiger partial charge < -0.3 is 10.6 Å². The van der Waals surface area contributed by atoms with Crippen molar-refractivity contribution >= 4 is 44.6 Å². The minimum Gasteiger partial charge on any atom is -0.332 e. The summed E-state index contributed by atoms with van der Waals surface area (Å²) < 4.78 is 2.95. The molecule has 4 nitrogen and oxygen atoms in total. The van der Waals surface area contributed by atoms with E-state index in [1.165, 1.54) is 11.1 Å². The first-order chi connectivity index (χ1) is 12.0. The van der Waals surface area contributed by atoms with Crippen LogP contribution in [0.1, 0.15) is 16.7 Å². The van der Waals surface area contributed by atoms with E-state index in [-0.39, 0.29) is 0 Å². The topological polar surface area (TPSA) is 41.9 Å². The number of thiocarbonyl (C=S) groups is 1. The van der Waals surface area contributed by atoms with Gasteiger partial charge in [-0.05, 0) is 55.4 Å². The van der Waals surface area contributed by atoms with E-state index in [0.717, 1.165) is 21.4 Å². The summed E-state index contributed by atoms with van der Waals surface area (Å²) in [5, 5.41) is 11.3. The van der Waals surface area contributed by atoms with Gasteiger partial charge in [-0.3, -0.25) is 4.68 Å². The van der Waals surface area contributed by atoms with Crippen LogP contribution in [0.15, 0.2) is 59.3 Å². The SMILES string of the molecule is Cc1ccc(NC(=S)Nc2cnn(Cc3ccc(Br)cc3)c2)c(C)c1. The molecule has 0 saturated carbocycles. The largest absolute Gasteiger partial charge is 0.332 e. The van der Waals surface area contributed by atoms with Crippen LogP contribution in [-0.4, -0.2) is 14.9 Å². The Kier molecular flexibility index (Phi) is 5.50. The molecule has 0 atom stereocenters. The van der Waals surface area contributed by atoms with Crippen LogP contribution in [-0.2, 0) is 6.54 Å². The van der Waals surface area contributed by atoms with E-state index in [2.05, 4.69) is 69.8 Å². The lowest BCUT2D eigenvalue weighted by atomic mass is 10.1. The van der Waals surface area contributed by atoms with Crippen molar-refractivity contribution in [1.82, 2.24) is 9.78 Å². The zero-order valence-corrected chi connectivity index (χ0v) is 16.5. The molecular formula is C19H19BrN4S. The van der Waals surface area contributed by atoms with Gasteiger partial charge in [-0.15, -0.1) is 0 Å². The first-order valence-corrected chi connectivity index (χ1v) is 9.12. The molecular weight excluding hydrogens is 396 g/mol. The van der Waals surface area contributed by atoms with Crippen LogP contribution >= 0.6 is 28.1 Å².